The van der Waals surface area contributed by atoms with Gasteiger partial charge in [-0.2, -0.15) is 26.3 Å². The highest BCUT2D eigenvalue weighted by Gasteiger charge is 2.72. The summed E-state index contributed by atoms with van der Waals surface area (Å²) in [5, 5.41) is 25.4. The van der Waals surface area contributed by atoms with E-state index in [0.717, 1.165) is 6.07 Å². The van der Waals surface area contributed by atoms with Crippen LogP contribution < -0.4 is 22.1 Å². The number of nitrogens with two attached hydrogens (primary N) is 2. The first kappa shape index (κ1) is 30.2. The van der Waals surface area contributed by atoms with Crippen molar-refractivity contribution in [2.75, 3.05) is 22.9 Å². The molecule has 0 atom stereocenters. The highest BCUT2D eigenvalue weighted by Crippen LogP contribution is 2.57. The second-order valence-electron chi connectivity index (χ2n) is 9.68. The van der Waals surface area contributed by atoms with E-state index >= 15 is 0 Å². The minimum Gasteiger partial charge on any atom is -0.506 e. The number of anilines is 3. The number of carbonyl (C=O) groups excluding carboxylic acids is 1. The number of hydrogen-bond donors (Lipinski definition) is 6. The van der Waals surface area contributed by atoms with Gasteiger partial charge < -0.3 is 32.3 Å². The number of amides is 1. The third-order valence-electron chi connectivity index (χ3n) is 6.80. The summed E-state index contributed by atoms with van der Waals surface area (Å²) in [7, 11) is 0. The van der Waals surface area contributed by atoms with E-state index in [0.29, 0.717) is 54.4 Å². The van der Waals surface area contributed by atoms with Crippen molar-refractivity contribution in [2.45, 2.75) is 30.6 Å². The molecule has 3 aromatic rings. The molecule has 1 amide bonds. The summed E-state index contributed by atoms with van der Waals surface area (Å²) in [6.07, 6.45) is -7.28. The summed E-state index contributed by atoms with van der Waals surface area (Å²) in [4.78, 5) is 12.7. The van der Waals surface area contributed by atoms with Crippen molar-refractivity contribution in [1.82, 2.24) is 0 Å². The molecule has 0 saturated carbocycles. The zero-order chi connectivity index (χ0) is 30.9. The van der Waals surface area contributed by atoms with Crippen LogP contribution in [0.1, 0.15) is 34.3 Å². The Morgan fingerprint density at radius 2 is 1.43 bits per heavy atom. The van der Waals surface area contributed by atoms with Crippen molar-refractivity contribution < 1.29 is 41.4 Å². The minimum atomic E-state index is -5.96. The van der Waals surface area contributed by atoms with Crippen LogP contribution in [-0.2, 0) is 5.41 Å². The van der Waals surface area contributed by atoms with E-state index < -0.39 is 52.0 Å². The minimum absolute atomic E-state index is 0.0257. The van der Waals surface area contributed by atoms with Gasteiger partial charge in [0, 0.05) is 23.5 Å². The number of aromatic hydroxyl groups is 2. The molecule has 13 heteroatoms. The molecule has 3 aromatic carbocycles. The van der Waals surface area contributed by atoms with E-state index in [1.54, 1.807) is 12.2 Å². The third-order valence-corrected chi connectivity index (χ3v) is 6.80. The fourth-order valence-electron chi connectivity index (χ4n) is 4.75. The molecule has 0 heterocycles. The monoisotopic (exact) mass is 592 g/mol. The molecule has 4 rings (SSSR count). The van der Waals surface area contributed by atoms with Gasteiger partial charge in [0.2, 0.25) is 5.41 Å². The molecule has 1 aliphatic carbocycles. The van der Waals surface area contributed by atoms with Crippen LogP contribution in [0.3, 0.4) is 0 Å². The Morgan fingerprint density at radius 3 is 2.00 bits per heavy atom. The number of allylic oxidation sites excluding steroid dienone is 2. The Bertz CT molecular complexity index is 1550. The SMILES string of the molecule is NC1=CC(CNc2cc(C(c3ccc(O)c(NC(=O)c4cccc(N)c4)c3)(C(F)(F)F)C(F)(F)F)ccc2O)=CCC1. The molecule has 222 valence electrons. The van der Waals surface area contributed by atoms with Gasteiger partial charge in [0.25, 0.3) is 5.91 Å². The fourth-order valence-corrected chi connectivity index (χ4v) is 4.75. The Hall–Kier alpha value is -4.81. The summed E-state index contributed by atoms with van der Waals surface area (Å²) in [5.41, 5.74) is 4.51. The lowest BCUT2D eigenvalue weighted by molar-refractivity contribution is -0.288. The average Bonchev–Trinajstić information content (AvgIpc) is 2.89. The number of benzene rings is 3. The quantitative estimate of drug-likeness (QED) is 0.108. The molecule has 0 aromatic heterocycles. The number of hydrogen-bond acceptors (Lipinski definition) is 6. The van der Waals surface area contributed by atoms with E-state index in [1.165, 1.54) is 24.3 Å². The van der Waals surface area contributed by atoms with Gasteiger partial charge in [0.1, 0.15) is 11.5 Å². The first-order chi connectivity index (χ1) is 19.6. The molecule has 0 radical (unpaired) electrons. The highest BCUT2D eigenvalue weighted by atomic mass is 19.4. The van der Waals surface area contributed by atoms with Gasteiger partial charge in [-0.3, -0.25) is 4.79 Å². The van der Waals surface area contributed by atoms with Crippen molar-refractivity contribution in [3.63, 3.8) is 0 Å². The maximum atomic E-state index is 14.8. The van der Waals surface area contributed by atoms with Gasteiger partial charge >= 0.3 is 12.4 Å². The van der Waals surface area contributed by atoms with Crippen LogP contribution in [0.2, 0.25) is 0 Å². The van der Waals surface area contributed by atoms with Gasteiger partial charge in [-0.15, -0.1) is 0 Å². The summed E-state index contributed by atoms with van der Waals surface area (Å²) in [6.45, 7) is -0.0257. The van der Waals surface area contributed by atoms with Crippen molar-refractivity contribution in [3.8, 4) is 11.5 Å². The predicted molar refractivity (Wildman–Crippen MR) is 146 cm³/mol. The maximum absolute atomic E-state index is 14.8. The summed E-state index contributed by atoms with van der Waals surface area (Å²) in [6, 6.07) is 8.80. The normalized spacial score (nSPS) is 14.1. The first-order valence-corrected chi connectivity index (χ1v) is 12.5. The molecule has 1 aliphatic rings. The summed E-state index contributed by atoms with van der Waals surface area (Å²) >= 11 is 0. The Balaban J connectivity index is 1.82. The molecular weight excluding hydrogens is 566 g/mol. The van der Waals surface area contributed by atoms with Crippen LogP contribution in [0.25, 0.3) is 0 Å². The van der Waals surface area contributed by atoms with Crippen LogP contribution in [-0.4, -0.2) is 35.0 Å². The smallest absolute Gasteiger partial charge is 0.411 e. The van der Waals surface area contributed by atoms with E-state index in [4.69, 9.17) is 11.5 Å². The average molecular weight is 593 g/mol. The lowest BCUT2D eigenvalue weighted by atomic mass is 9.72. The molecule has 0 unspecified atom stereocenters. The highest BCUT2D eigenvalue weighted by molar-refractivity contribution is 6.05. The van der Waals surface area contributed by atoms with Gasteiger partial charge in [-0.25, -0.2) is 0 Å². The number of phenolic OH excluding ortho intramolecular Hbond substituents is 2. The second kappa shape index (κ2) is 11.2. The van der Waals surface area contributed by atoms with Crippen molar-refractivity contribution in [1.29, 1.82) is 0 Å². The topological polar surface area (TPSA) is 134 Å². The molecule has 42 heavy (non-hydrogen) atoms. The fraction of sp³-hybridized carbons (Fsp3) is 0.207. The predicted octanol–water partition coefficient (Wildman–Crippen LogP) is 6.32. The standard InChI is InChI=1S/C29H26F6N4O3/c30-28(31,32)27(29(33,34)35,18-7-9-24(40)22(13-18)38-15-16-3-1-5-20(36)11-16)19-8-10-25(41)23(14-19)39-26(42)17-4-2-6-21(37)12-17/h2-4,6-14,38,40-41H,1,5,15,36-37H2,(H,39,42). The lowest BCUT2D eigenvalue weighted by Gasteiger charge is -2.38. The summed E-state index contributed by atoms with van der Waals surface area (Å²) < 4.78 is 88.8. The number of alkyl halides is 6. The van der Waals surface area contributed by atoms with Gasteiger partial charge in [0.05, 0.1) is 11.4 Å². The largest absolute Gasteiger partial charge is 0.506 e. The first-order valence-electron chi connectivity index (χ1n) is 12.5. The number of nitrogens with one attached hydrogen (secondary N) is 2. The Labute approximate surface area is 236 Å². The number of phenols is 2. The zero-order valence-electron chi connectivity index (χ0n) is 21.8. The molecular formula is C29H26F6N4O3. The molecule has 0 bridgehead atoms. The Morgan fingerprint density at radius 1 is 0.833 bits per heavy atom. The molecule has 0 aliphatic heterocycles. The van der Waals surface area contributed by atoms with Crippen molar-refractivity contribution in [2.24, 2.45) is 5.73 Å². The molecule has 0 fully saturated rings. The van der Waals surface area contributed by atoms with Crippen molar-refractivity contribution in [3.05, 3.63) is 101 Å². The second-order valence-corrected chi connectivity index (χ2v) is 9.68. The molecule has 7 nitrogen and oxygen atoms in total. The maximum Gasteiger partial charge on any atom is 0.411 e. The van der Waals surface area contributed by atoms with Gasteiger partial charge in [0.15, 0.2) is 0 Å². The van der Waals surface area contributed by atoms with Crippen LogP contribution in [0, 0.1) is 0 Å². The number of rotatable bonds is 7. The van der Waals surface area contributed by atoms with E-state index in [1.807, 2.05) is 0 Å². The number of nitrogen functional groups attached to an aromatic ring is 1. The molecule has 0 saturated heterocycles. The molecule has 0 spiro atoms. The lowest BCUT2D eigenvalue weighted by Crippen LogP contribution is -2.54. The van der Waals surface area contributed by atoms with E-state index in [2.05, 4.69) is 10.6 Å². The number of carbonyl (C=O) groups is 1. The molecule has 8 N–H and O–H groups in total. The zero-order valence-corrected chi connectivity index (χ0v) is 21.8. The Kier molecular flexibility index (Phi) is 8.06. The third kappa shape index (κ3) is 5.80. The van der Waals surface area contributed by atoms with Crippen LogP contribution in [0.5, 0.6) is 11.5 Å². The van der Waals surface area contributed by atoms with Crippen LogP contribution >= 0.6 is 0 Å². The van der Waals surface area contributed by atoms with Gasteiger partial charge in [-0.1, -0.05) is 24.3 Å². The van der Waals surface area contributed by atoms with Crippen LogP contribution in [0.4, 0.5) is 43.4 Å². The van der Waals surface area contributed by atoms with E-state index in [-0.39, 0.29) is 23.5 Å². The summed E-state index contributed by atoms with van der Waals surface area (Å²) in [5.74, 6) is -2.27. The van der Waals surface area contributed by atoms with Gasteiger partial charge in [-0.05, 0) is 78.1 Å². The number of halogens is 6. The van der Waals surface area contributed by atoms with Crippen molar-refractivity contribution >= 4 is 23.0 Å². The van der Waals surface area contributed by atoms with Crippen LogP contribution in [0.15, 0.2) is 84.1 Å². The van der Waals surface area contributed by atoms with E-state index in [9.17, 15) is 41.4 Å².